The molecule has 2 heterocycles. The lowest BCUT2D eigenvalue weighted by Gasteiger charge is -2.08. The van der Waals surface area contributed by atoms with Gasteiger partial charge in [-0.1, -0.05) is 6.07 Å². The van der Waals surface area contributed by atoms with Crippen LogP contribution in [0.1, 0.15) is 21.6 Å². The average Bonchev–Trinajstić information content (AvgIpc) is 2.48. The van der Waals surface area contributed by atoms with Crippen molar-refractivity contribution in [3.63, 3.8) is 0 Å². The summed E-state index contributed by atoms with van der Waals surface area (Å²) in [6, 6.07) is 9.63. The summed E-state index contributed by atoms with van der Waals surface area (Å²) in [5.41, 5.74) is 2.54. The topological polar surface area (TPSA) is 54.9 Å². The van der Waals surface area contributed by atoms with Crippen LogP contribution in [0, 0.1) is 19.7 Å². The fraction of sp³-hybridized carbons (Fsp3) is 0.118. The van der Waals surface area contributed by atoms with Gasteiger partial charge in [0.25, 0.3) is 5.91 Å². The first-order valence-corrected chi connectivity index (χ1v) is 6.84. The molecule has 0 fully saturated rings. The quantitative estimate of drug-likeness (QED) is 0.785. The fourth-order valence-corrected chi connectivity index (χ4v) is 2.19. The second-order valence-electron chi connectivity index (χ2n) is 5.13. The van der Waals surface area contributed by atoms with E-state index in [0.29, 0.717) is 28.0 Å². The van der Waals surface area contributed by atoms with Gasteiger partial charge in [-0.05, 0) is 43.7 Å². The van der Waals surface area contributed by atoms with Crippen molar-refractivity contribution < 1.29 is 9.18 Å². The molecule has 0 aliphatic rings. The number of rotatable bonds is 2. The first kappa shape index (κ1) is 14.1. The molecule has 110 valence electrons. The summed E-state index contributed by atoms with van der Waals surface area (Å²) < 4.78 is 13.2. The van der Waals surface area contributed by atoms with Gasteiger partial charge >= 0.3 is 0 Å². The zero-order valence-electron chi connectivity index (χ0n) is 12.2. The molecule has 0 aliphatic carbocycles. The Labute approximate surface area is 127 Å². The summed E-state index contributed by atoms with van der Waals surface area (Å²) in [5.74, 6) is -0.151. The molecule has 0 saturated carbocycles. The molecule has 3 aromatic rings. The smallest absolute Gasteiger partial charge is 0.258 e. The van der Waals surface area contributed by atoms with Crippen molar-refractivity contribution in [3.8, 4) is 0 Å². The molecular weight excluding hydrogens is 281 g/mol. The number of nitrogens with one attached hydrogen (secondary N) is 1. The molecule has 0 spiro atoms. The first-order valence-electron chi connectivity index (χ1n) is 6.84. The number of anilines is 1. The van der Waals surface area contributed by atoms with E-state index in [-0.39, 0.29) is 11.7 Å². The highest BCUT2D eigenvalue weighted by atomic mass is 19.1. The Balaban J connectivity index is 1.94. The standard InChI is InChI=1S/C17H14FN3O/c1-10-3-6-16(19-9-10)21-17(22)14-7-12-4-5-13(18)8-15(12)20-11(14)2/h3-9H,1-2H3,(H,19,21,22). The molecule has 1 N–H and O–H groups in total. The third kappa shape index (κ3) is 2.79. The Hall–Kier alpha value is -2.82. The van der Waals surface area contributed by atoms with E-state index >= 15 is 0 Å². The summed E-state index contributed by atoms with van der Waals surface area (Å²) in [5, 5.41) is 3.45. The molecule has 0 unspecified atom stereocenters. The number of halogens is 1. The van der Waals surface area contributed by atoms with Crippen LogP contribution in [-0.4, -0.2) is 15.9 Å². The lowest BCUT2D eigenvalue weighted by molar-refractivity contribution is 0.102. The summed E-state index contributed by atoms with van der Waals surface area (Å²) >= 11 is 0. The van der Waals surface area contributed by atoms with E-state index in [2.05, 4.69) is 15.3 Å². The molecule has 1 aromatic carbocycles. The Morgan fingerprint density at radius 1 is 1.14 bits per heavy atom. The zero-order valence-corrected chi connectivity index (χ0v) is 12.2. The van der Waals surface area contributed by atoms with Gasteiger partial charge in [-0.25, -0.2) is 9.37 Å². The third-order valence-electron chi connectivity index (χ3n) is 3.37. The number of carbonyl (C=O) groups is 1. The number of nitrogens with zero attached hydrogens (tertiary/aromatic N) is 2. The van der Waals surface area contributed by atoms with E-state index in [4.69, 9.17) is 0 Å². The normalized spacial score (nSPS) is 10.7. The molecule has 0 bridgehead atoms. The Kier molecular flexibility index (Phi) is 3.55. The number of aryl methyl sites for hydroxylation is 2. The van der Waals surface area contributed by atoms with Gasteiger partial charge < -0.3 is 5.32 Å². The van der Waals surface area contributed by atoms with Crippen LogP contribution >= 0.6 is 0 Å². The SMILES string of the molecule is Cc1ccc(NC(=O)c2cc3ccc(F)cc3nc2C)nc1. The number of amides is 1. The minimum atomic E-state index is -0.347. The van der Waals surface area contributed by atoms with E-state index in [1.165, 1.54) is 12.1 Å². The molecule has 4 nitrogen and oxygen atoms in total. The van der Waals surface area contributed by atoms with Gasteiger partial charge in [-0.15, -0.1) is 0 Å². The van der Waals surface area contributed by atoms with Crippen LogP contribution in [0.25, 0.3) is 10.9 Å². The van der Waals surface area contributed by atoms with Crippen LogP contribution in [0.3, 0.4) is 0 Å². The highest BCUT2D eigenvalue weighted by Crippen LogP contribution is 2.18. The lowest BCUT2D eigenvalue weighted by atomic mass is 10.1. The van der Waals surface area contributed by atoms with Gasteiger partial charge in [0.15, 0.2) is 0 Å². The predicted octanol–water partition coefficient (Wildman–Crippen LogP) is 3.64. The molecule has 1 amide bonds. The average molecular weight is 295 g/mol. The van der Waals surface area contributed by atoms with E-state index in [9.17, 15) is 9.18 Å². The molecule has 5 heteroatoms. The minimum absolute atomic E-state index is 0.285. The van der Waals surface area contributed by atoms with Gasteiger partial charge in [0.05, 0.1) is 16.8 Å². The maximum Gasteiger partial charge on any atom is 0.258 e. The second-order valence-corrected chi connectivity index (χ2v) is 5.13. The number of aromatic nitrogens is 2. The summed E-state index contributed by atoms with van der Waals surface area (Å²) in [7, 11) is 0. The Bertz CT molecular complexity index is 860. The van der Waals surface area contributed by atoms with Crippen LogP contribution in [0.5, 0.6) is 0 Å². The van der Waals surface area contributed by atoms with Crippen molar-refractivity contribution in [2.45, 2.75) is 13.8 Å². The van der Waals surface area contributed by atoms with Crippen molar-refractivity contribution in [1.82, 2.24) is 9.97 Å². The molecular formula is C17H14FN3O. The minimum Gasteiger partial charge on any atom is -0.307 e. The van der Waals surface area contributed by atoms with Gasteiger partial charge in [0.2, 0.25) is 0 Å². The van der Waals surface area contributed by atoms with Crippen LogP contribution < -0.4 is 5.32 Å². The van der Waals surface area contributed by atoms with E-state index < -0.39 is 0 Å². The maximum absolute atomic E-state index is 13.2. The predicted molar refractivity (Wildman–Crippen MR) is 83.4 cm³/mol. The highest BCUT2D eigenvalue weighted by molar-refractivity contribution is 6.06. The largest absolute Gasteiger partial charge is 0.307 e. The van der Waals surface area contributed by atoms with Crippen molar-refractivity contribution in [1.29, 1.82) is 0 Å². The number of pyridine rings is 2. The zero-order chi connectivity index (χ0) is 15.7. The number of fused-ring (bicyclic) bond motifs is 1. The van der Waals surface area contributed by atoms with Crippen LogP contribution in [0.15, 0.2) is 42.6 Å². The third-order valence-corrected chi connectivity index (χ3v) is 3.37. The lowest BCUT2D eigenvalue weighted by Crippen LogP contribution is -2.15. The fourth-order valence-electron chi connectivity index (χ4n) is 2.19. The summed E-state index contributed by atoms with van der Waals surface area (Å²) in [4.78, 5) is 20.8. The van der Waals surface area contributed by atoms with Crippen molar-refractivity contribution in [3.05, 3.63) is 65.2 Å². The molecule has 0 saturated heterocycles. The Morgan fingerprint density at radius 2 is 1.95 bits per heavy atom. The van der Waals surface area contributed by atoms with Gasteiger partial charge in [0.1, 0.15) is 11.6 Å². The maximum atomic E-state index is 13.2. The van der Waals surface area contributed by atoms with Gasteiger partial charge in [0, 0.05) is 17.6 Å². The van der Waals surface area contributed by atoms with Crippen LogP contribution in [0.2, 0.25) is 0 Å². The number of hydrogen-bond donors (Lipinski definition) is 1. The van der Waals surface area contributed by atoms with Crippen LogP contribution in [-0.2, 0) is 0 Å². The first-order chi connectivity index (χ1) is 10.5. The monoisotopic (exact) mass is 295 g/mol. The van der Waals surface area contributed by atoms with E-state index in [1.807, 2.05) is 13.0 Å². The van der Waals surface area contributed by atoms with Crippen molar-refractivity contribution in [2.24, 2.45) is 0 Å². The van der Waals surface area contributed by atoms with Gasteiger partial charge in [-0.2, -0.15) is 0 Å². The number of benzene rings is 1. The number of carbonyl (C=O) groups excluding carboxylic acids is 1. The second kappa shape index (κ2) is 5.52. The van der Waals surface area contributed by atoms with E-state index in [1.54, 1.807) is 31.3 Å². The Morgan fingerprint density at radius 3 is 2.68 bits per heavy atom. The van der Waals surface area contributed by atoms with Crippen molar-refractivity contribution in [2.75, 3.05) is 5.32 Å². The van der Waals surface area contributed by atoms with Crippen molar-refractivity contribution >= 4 is 22.6 Å². The van der Waals surface area contributed by atoms with E-state index in [0.717, 1.165) is 5.56 Å². The summed E-state index contributed by atoms with van der Waals surface area (Å²) in [6.07, 6.45) is 1.68. The summed E-state index contributed by atoms with van der Waals surface area (Å²) in [6.45, 7) is 3.65. The molecule has 0 atom stereocenters. The molecule has 2 aromatic heterocycles. The van der Waals surface area contributed by atoms with Crippen LogP contribution in [0.4, 0.5) is 10.2 Å². The number of hydrogen-bond acceptors (Lipinski definition) is 3. The molecule has 3 rings (SSSR count). The van der Waals surface area contributed by atoms with Gasteiger partial charge in [-0.3, -0.25) is 9.78 Å². The molecule has 0 aliphatic heterocycles. The highest BCUT2D eigenvalue weighted by Gasteiger charge is 2.12. The molecule has 0 radical (unpaired) electrons. The molecule has 22 heavy (non-hydrogen) atoms.